The van der Waals surface area contributed by atoms with Gasteiger partial charge >= 0.3 is 0 Å². The molecular weight excluding hydrogens is 431 g/mol. The van der Waals surface area contributed by atoms with Crippen LogP contribution in [0.25, 0.3) is 0 Å². The highest BCUT2D eigenvalue weighted by molar-refractivity contribution is 14.0. The van der Waals surface area contributed by atoms with Crippen molar-refractivity contribution in [3.05, 3.63) is 30.3 Å². The van der Waals surface area contributed by atoms with Crippen molar-refractivity contribution in [2.24, 2.45) is 10.9 Å². The van der Waals surface area contributed by atoms with E-state index in [0.29, 0.717) is 11.9 Å². The Labute approximate surface area is 167 Å². The normalized spacial score (nSPS) is 12.0. The first-order chi connectivity index (χ1) is 11.7. The topological polar surface area (TPSA) is 85.8 Å². The lowest BCUT2D eigenvalue weighted by Gasteiger charge is -2.18. The number of halogens is 1. The molecule has 1 amide bonds. The number of carbonyl (C=O) groups is 1. The molecule has 0 saturated heterocycles. The zero-order chi connectivity index (χ0) is 17.6. The maximum Gasteiger partial charge on any atom is 0.246 e. The van der Waals surface area contributed by atoms with Gasteiger partial charge in [-0.2, -0.15) is 0 Å². The van der Waals surface area contributed by atoms with E-state index in [4.69, 9.17) is 5.11 Å². The predicted octanol–water partition coefficient (Wildman–Crippen LogP) is 2.60. The second kappa shape index (κ2) is 14.9. The van der Waals surface area contributed by atoms with Gasteiger partial charge in [-0.1, -0.05) is 31.5 Å². The van der Waals surface area contributed by atoms with E-state index >= 15 is 0 Å². The van der Waals surface area contributed by atoms with Crippen LogP contribution in [0.15, 0.2) is 35.3 Å². The van der Waals surface area contributed by atoms with Crippen molar-refractivity contribution in [2.45, 2.75) is 33.1 Å². The highest BCUT2D eigenvalue weighted by Gasteiger charge is 2.09. The van der Waals surface area contributed by atoms with Crippen LogP contribution in [0.4, 0.5) is 5.69 Å². The Morgan fingerprint density at radius 2 is 1.88 bits per heavy atom. The van der Waals surface area contributed by atoms with Gasteiger partial charge in [-0.05, 0) is 37.8 Å². The average Bonchev–Trinajstić information content (AvgIpc) is 2.58. The first-order valence-corrected chi connectivity index (χ1v) is 8.67. The van der Waals surface area contributed by atoms with E-state index < -0.39 is 0 Å². The van der Waals surface area contributed by atoms with Crippen molar-refractivity contribution in [1.82, 2.24) is 10.6 Å². The molecule has 0 saturated carbocycles. The maximum absolute atomic E-state index is 12.0. The molecule has 0 bridgehead atoms. The molecule has 0 aliphatic heterocycles. The summed E-state index contributed by atoms with van der Waals surface area (Å²) in [7, 11) is 0. The lowest BCUT2D eigenvalue weighted by molar-refractivity contribution is -0.114. The number of guanidine groups is 1. The van der Waals surface area contributed by atoms with Gasteiger partial charge in [-0.3, -0.25) is 4.79 Å². The van der Waals surface area contributed by atoms with Crippen molar-refractivity contribution in [3.63, 3.8) is 0 Å². The number of anilines is 1. The molecule has 0 fully saturated rings. The molecule has 1 unspecified atom stereocenters. The molecule has 25 heavy (non-hydrogen) atoms. The summed E-state index contributed by atoms with van der Waals surface area (Å²) in [5.74, 6) is 0.876. The van der Waals surface area contributed by atoms with Gasteiger partial charge in [-0.15, -0.1) is 24.0 Å². The number of nitrogens with zero attached hydrogens (tertiary/aromatic N) is 1. The Morgan fingerprint density at radius 3 is 2.48 bits per heavy atom. The molecule has 0 aliphatic rings. The molecular formula is C18H31IN4O2. The minimum atomic E-state index is -0.154. The van der Waals surface area contributed by atoms with E-state index in [9.17, 15) is 4.79 Å². The van der Waals surface area contributed by atoms with Crippen molar-refractivity contribution < 1.29 is 9.90 Å². The zero-order valence-electron chi connectivity index (χ0n) is 15.1. The fraction of sp³-hybridized carbons (Fsp3) is 0.556. The van der Waals surface area contributed by atoms with Crippen LogP contribution in [0, 0.1) is 5.92 Å². The standard InChI is InChI=1S/C18H30N4O2.HI/c1-3-8-15(11-12-23)13-20-18(19-4-2)21-14-17(24)22-16-9-6-5-7-10-16;/h5-7,9-10,15,23H,3-4,8,11-14H2,1-2H3,(H,22,24)(H2,19,20,21);1H. The Balaban J connectivity index is 0.00000576. The second-order valence-corrected chi connectivity index (χ2v) is 5.66. The van der Waals surface area contributed by atoms with Crippen LogP contribution in [0.5, 0.6) is 0 Å². The summed E-state index contributed by atoms with van der Waals surface area (Å²) in [5, 5.41) is 18.3. The van der Waals surface area contributed by atoms with Crippen molar-refractivity contribution in [1.29, 1.82) is 0 Å². The molecule has 4 N–H and O–H groups in total. The van der Waals surface area contributed by atoms with Gasteiger partial charge in [0.05, 0.1) is 0 Å². The summed E-state index contributed by atoms with van der Waals surface area (Å²) in [6, 6.07) is 9.34. The van der Waals surface area contributed by atoms with E-state index in [2.05, 4.69) is 27.9 Å². The van der Waals surface area contributed by atoms with Crippen molar-refractivity contribution >= 4 is 41.5 Å². The summed E-state index contributed by atoms with van der Waals surface area (Å²) in [6.07, 6.45) is 2.91. The predicted molar refractivity (Wildman–Crippen MR) is 115 cm³/mol. The fourth-order valence-corrected chi connectivity index (χ4v) is 2.39. The Morgan fingerprint density at radius 1 is 1.16 bits per heavy atom. The molecule has 1 aromatic carbocycles. The largest absolute Gasteiger partial charge is 0.396 e. The van der Waals surface area contributed by atoms with Gasteiger partial charge in [-0.25, -0.2) is 4.99 Å². The average molecular weight is 462 g/mol. The number of hydrogen-bond acceptors (Lipinski definition) is 3. The third-order valence-electron chi connectivity index (χ3n) is 3.57. The van der Waals surface area contributed by atoms with Crippen LogP contribution in [0.2, 0.25) is 0 Å². The van der Waals surface area contributed by atoms with Crippen LogP contribution in [-0.4, -0.2) is 43.2 Å². The van der Waals surface area contributed by atoms with Gasteiger partial charge in [0, 0.05) is 25.4 Å². The van der Waals surface area contributed by atoms with E-state index in [0.717, 1.165) is 38.0 Å². The minimum absolute atomic E-state index is 0. The van der Waals surface area contributed by atoms with E-state index in [-0.39, 0.29) is 43.0 Å². The number of benzene rings is 1. The minimum Gasteiger partial charge on any atom is -0.396 e. The number of amides is 1. The van der Waals surface area contributed by atoms with Crippen LogP contribution >= 0.6 is 24.0 Å². The first kappa shape index (κ1) is 23.6. The van der Waals surface area contributed by atoms with Gasteiger partial charge in [0.2, 0.25) is 5.91 Å². The van der Waals surface area contributed by atoms with E-state index in [1.165, 1.54) is 0 Å². The molecule has 0 heterocycles. The number of nitrogens with one attached hydrogen (secondary N) is 3. The third kappa shape index (κ3) is 11.0. The second-order valence-electron chi connectivity index (χ2n) is 5.66. The van der Waals surface area contributed by atoms with Crippen LogP contribution in [0.3, 0.4) is 0 Å². The van der Waals surface area contributed by atoms with Gasteiger partial charge in [0.25, 0.3) is 0 Å². The number of hydrogen-bond donors (Lipinski definition) is 4. The van der Waals surface area contributed by atoms with Crippen LogP contribution < -0.4 is 16.0 Å². The summed E-state index contributed by atoms with van der Waals surface area (Å²) in [5.41, 5.74) is 0.765. The van der Waals surface area contributed by atoms with Crippen LogP contribution in [0.1, 0.15) is 33.1 Å². The highest BCUT2D eigenvalue weighted by Crippen LogP contribution is 2.09. The molecule has 0 spiro atoms. The number of carbonyl (C=O) groups excluding carboxylic acids is 1. The monoisotopic (exact) mass is 462 g/mol. The van der Waals surface area contributed by atoms with Crippen molar-refractivity contribution in [3.8, 4) is 0 Å². The molecule has 142 valence electrons. The molecule has 0 aromatic heterocycles. The number of aliphatic hydroxyl groups excluding tert-OH is 1. The third-order valence-corrected chi connectivity index (χ3v) is 3.57. The van der Waals surface area contributed by atoms with E-state index in [1.807, 2.05) is 37.3 Å². The highest BCUT2D eigenvalue weighted by atomic mass is 127. The van der Waals surface area contributed by atoms with Gasteiger partial charge in [0.15, 0.2) is 5.96 Å². The first-order valence-electron chi connectivity index (χ1n) is 8.67. The summed E-state index contributed by atoms with van der Waals surface area (Å²) >= 11 is 0. The molecule has 1 rings (SSSR count). The van der Waals surface area contributed by atoms with Crippen LogP contribution in [-0.2, 0) is 4.79 Å². The molecule has 6 nitrogen and oxygen atoms in total. The number of aliphatic hydroxyl groups is 1. The van der Waals surface area contributed by atoms with Gasteiger partial charge in [0.1, 0.15) is 6.54 Å². The molecule has 1 atom stereocenters. The summed E-state index contributed by atoms with van der Waals surface area (Å²) in [6.45, 7) is 5.84. The van der Waals surface area contributed by atoms with E-state index in [1.54, 1.807) is 0 Å². The maximum atomic E-state index is 12.0. The Bertz CT molecular complexity index is 491. The number of rotatable bonds is 10. The lowest BCUT2D eigenvalue weighted by atomic mass is 10.0. The number of aliphatic imine (C=N–C) groups is 1. The summed E-state index contributed by atoms with van der Waals surface area (Å²) in [4.78, 5) is 16.3. The fourth-order valence-electron chi connectivity index (χ4n) is 2.39. The van der Waals surface area contributed by atoms with Gasteiger partial charge < -0.3 is 21.1 Å². The lowest BCUT2D eigenvalue weighted by Crippen LogP contribution is -2.40. The number of para-hydroxylation sites is 1. The summed E-state index contributed by atoms with van der Waals surface area (Å²) < 4.78 is 0. The molecule has 0 aliphatic carbocycles. The quantitative estimate of drug-likeness (QED) is 0.245. The SMILES string of the molecule is CCCC(CCO)CNC(=NCC(=O)Nc1ccccc1)NCC.I. The smallest absolute Gasteiger partial charge is 0.246 e. The Kier molecular flexibility index (Phi) is 14.1. The Hall–Kier alpha value is -1.35. The zero-order valence-corrected chi connectivity index (χ0v) is 17.5. The molecule has 0 radical (unpaired) electrons. The van der Waals surface area contributed by atoms with Crippen molar-refractivity contribution in [2.75, 3.05) is 31.6 Å². The molecule has 7 heteroatoms. The molecule has 1 aromatic rings.